The van der Waals surface area contributed by atoms with Crippen LogP contribution in [0.2, 0.25) is 0 Å². The molecule has 4 aliphatic rings. The second kappa shape index (κ2) is 7.10. The number of hydrogen-bond donors (Lipinski definition) is 1. The topological polar surface area (TPSA) is 29.4 Å². The van der Waals surface area contributed by atoms with E-state index in [-0.39, 0.29) is 16.9 Å². The van der Waals surface area contributed by atoms with Crippen molar-refractivity contribution in [2.24, 2.45) is 5.41 Å². The third kappa shape index (κ3) is 2.34. The van der Waals surface area contributed by atoms with Gasteiger partial charge in [0.15, 0.2) is 0 Å². The predicted octanol–water partition coefficient (Wildman–Crippen LogP) is 5.35. The molecule has 0 unspecified atom stereocenters. The second-order valence-electron chi connectivity index (χ2n) is 10.6. The molecule has 1 spiro atoms. The van der Waals surface area contributed by atoms with E-state index in [9.17, 15) is 0 Å². The molecule has 2 aliphatic heterocycles. The zero-order chi connectivity index (χ0) is 23.1. The molecule has 2 bridgehead atoms. The highest BCUT2D eigenvalue weighted by molar-refractivity contribution is 5.87. The van der Waals surface area contributed by atoms with Crippen LogP contribution in [-0.4, -0.2) is 36.1 Å². The average molecular weight is 444 g/mol. The Bertz CT molecular complexity index is 1260. The van der Waals surface area contributed by atoms with Gasteiger partial charge in [0.25, 0.3) is 0 Å². The zero-order valence-electron chi connectivity index (χ0n) is 21.0. The molecule has 4 atom stereocenters. The Labute approximate surface area is 197 Å². The molecule has 33 heavy (non-hydrogen) atoms. The van der Waals surface area contributed by atoms with Gasteiger partial charge in [-0.15, -0.1) is 0 Å². The van der Waals surface area contributed by atoms with Gasteiger partial charge in [0.1, 0.15) is 11.9 Å². The van der Waals surface area contributed by atoms with Crippen molar-refractivity contribution in [1.29, 1.82) is 0 Å². The molecule has 4 nitrogen and oxygen atoms in total. The number of likely N-dealkylation sites (tertiary alicyclic amines) is 1. The summed E-state index contributed by atoms with van der Waals surface area (Å²) < 4.78 is 9.59. The SMILES string of the molecule is CC.CNCn1c2c(c3ccccc31)C[C@@]1(C)[C@H]3Cc4ccc(C)c5c4[C@@]1(CCN3C)[C@H]2O5. The van der Waals surface area contributed by atoms with Crippen molar-refractivity contribution < 1.29 is 4.74 Å². The molecule has 4 heteroatoms. The third-order valence-electron chi connectivity index (χ3n) is 9.36. The van der Waals surface area contributed by atoms with Crippen LogP contribution in [0, 0.1) is 12.3 Å². The molecule has 3 aromatic rings. The third-order valence-corrected chi connectivity index (χ3v) is 9.36. The second-order valence-corrected chi connectivity index (χ2v) is 10.6. The van der Waals surface area contributed by atoms with Gasteiger partial charge in [-0.05, 0) is 69.6 Å². The van der Waals surface area contributed by atoms with Gasteiger partial charge in [0, 0.05) is 27.9 Å². The van der Waals surface area contributed by atoms with Crippen molar-refractivity contribution in [2.45, 2.75) is 71.2 Å². The number of hydrogen-bond acceptors (Lipinski definition) is 3. The highest BCUT2D eigenvalue weighted by Gasteiger charge is 2.70. The summed E-state index contributed by atoms with van der Waals surface area (Å²) >= 11 is 0. The van der Waals surface area contributed by atoms with Crippen LogP contribution in [0.5, 0.6) is 5.75 Å². The number of aryl methyl sites for hydroxylation is 1. The Morgan fingerprint density at radius 3 is 2.73 bits per heavy atom. The maximum Gasteiger partial charge on any atom is 0.149 e. The molecule has 0 saturated carbocycles. The summed E-state index contributed by atoms with van der Waals surface area (Å²) in [5.74, 6) is 1.19. The molecule has 1 aromatic heterocycles. The van der Waals surface area contributed by atoms with Crippen molar-refractivity contribution in [3.05, 3.63) is 64.3 Å². The number of likely N-dealkylation sites (N-methyl/N-ethyl adjacent to an activating group) is 1. The van der Waals surface area contributed by atoms with E-state index >= 15 is 0 Å². The fourth-order valence-electron chi connectivity index (χ4n) is 8.04. The first-order chi connectivity index (χ1) is 16.0. The Hall–Kier alpha value is -2.30. The van der Waals surface area contributed by atoms with Crippen LogP contribution in [0.1, 0.15) is 61.2 Å². The lowest BCUT2D eigenvalue weighted by Gasteiger charge is -2.64. The Kier molecular flexibility index (Phi) is 4.57. The number of piperidine rings is 1. The summed E-state index contributed by atoms with van der Waals surface area (Å²) in [5, 5.41) is 4.84. The number of nitrogens with one attached hydrogen (secondary N) is 1. The van der Waals surface area contributed by atoms with E-state index in [1.807, 2.05) is 20.9 Å². The molecule has 0 radical (unpaired) electrons. The predicted molar refractivity (Wildman–Crippen MR) is 135 cm³/mol. The molecule has 0 amide bonds. The fourth-order valence-corrected chi connectivity index (χ4v) is 8.04. The van der Waals surface area contributed by atoms with Crippen molar-refractivity contribution in [2.75, 3.05) is 20.6 Å². The van der Waals surface area contributed by atoms with Crippen LogP contribution < -0.4 is 10.1 Å². The number of para-hydroxylation sites is 1. The van der Waals surface area contributed by atoms with E-state index in [4.69, 9.17) is 4.74 Å². The summed E-state index contributed by atoms with van der Waals surface area (Å²) in [6.07, 6.45) is 3.53. The van der Waals surface area contributed by atoms with E-state index in [1.54, 1.807) is 5.56 Å². The standard InChI is InChI=1S/C27H31N3O.C2H6/c1-16-9-10-17-13-21-26(2)14-19-18-7-5-6-8-20(18)30(15-28-3)23(19)25-27(26,11-12-29(21)4)22(17)24(16)31-25;1-2/h5-10,21,25,28H,11-15H2,1-4H3;1-2H3/t21-,25+,26+,27+;/m1./s1. The van der Waals surface area contributed by atoms with Crippen LogP contribution in [0.4, 0.5) is 0 Å². The molecule has 2 aromatic carbocycles. The monoisotopic (exact) mass is 443 g/mol. The van der Waals surface area contributed by atoms with E-state index in [1.165, 1.54) is 45.5 Å². The lowest BCUT2D eigenvalue weighted by atomic mass is 9.44. The number of rotatable bonds is 2. The lowest BCUT2D eigenvalue weighted by Crippen LogP contribution is -2.68. The molecular formula is C29H37N3O. The number of nitrogens with zero attached hydrogens (tertiary/aromatic N) is 2. The first-order valence-corrected chi connectivity index (χ1v) is 12.8. The zero-order valence-corrected chi connectivity index (χ0v) is 21.0. The first kappa shape index (κ1) is 21.2. The van der Waals surface area contributed by atoms with E-state index in [2.05, 4.69) is 72.1 Å². The molecule has 1 N–H and O–H groups in total. The van der Waals surface area contributed by atoms with Crippen LogP contribution in [-0.2, 0) is 24.9 Å². The number of aromatic nitrogens is 1. The largest absolute Gasteiger partial charge is 0.483 e. The molecule has 2 aliphatic carbocycles. The van der Waals surface area contributed by atoms with E-state index in [0.717, 1.165) is 26.1 Å². The smallest absolute Gasteiger partial charge is 0.149 e. The molecule has 174 valence electrons. The van der Waals surface area contributed by atoms with Gasteiger partial charge < -0.3 is 19.5 Å². The maximum absolute atomic E-state index is 7.09. The lowest BCUT2D eigenvalue weighted by molar-refractivity contribution is -0.0914. The summed E-state index contributed by atoms with van der Waals surface area (Å²) in [5.41, 5.74) is 8.86. The van der Waals surface area contributed by atoms with Gasteiger partial charge in [-0.25, -0.2) is 0 Å². The van der Waals surface area contributed by atoms with Crippen molar-refractivity contribution in [3.63, 3.8) is 0 Å². The summed E-state index contributed by atoms with van der Waals surface area (Å²) in [6.45, 7) is 10.8. The molecular weight excluding hydrogens is 406 g/mol. The molecule has 1 saturated heterocycles. The molecule has 3 heterocycles. The van der Waals surface area contributed by atoms with Gasteiger partial charge >= 0.3 is 0 Å². The van der Waals surface area contributed by atoms with E-state index in [0.29, 0.717) is 6.04 Å². The first-order valence-electron chi connectivity index (χ1n) is 12.8. The maximum atomic E-state index is 7.09. The minimum atomic E-state index is 0.0615. The number of benzene rings is 2. The van der Waals surface area contributed by atoms with Gasteiger partial charge in [0.2, 0.25) is 0 Å². The summed E-state index contributed by atoms with van der Waals surface area (Å²) in [7, 11) is 4.39. The Morgan fingerprint density at radius 2 is 1.94 bits per heavy atom. The van der Waals surface area contributed by atoms with Crippen molar-refractivity contribution >= 4 is 10.9 Å². The summed E-state index contributed by atoms with van der Waals surface area (Å²) in [4.78, 5) is 2.64. The van der Waals surface area contributed by atoms with Crippen LogP contribution in [0.15, 0.2) is 36.4 Å². The highest BCUT2D eigenvalue weighted by atomic mass is 16.5. The minimum Gasteiger partial charge on any atom is -0.483 e. The van der Waals surface area contributed by atoms with Crippen LogP contribution in [0.3, 0.4) is 0 Å². The average Bonchev–Trinajstić information content (AvgIpc) is 3.32. The normalized spacial score (nSPS) is 30.8. The van der Waals surface area contributed by atoms with Gasteiger partial charge in [-0.1, -0.05) is 51.1 Å². The number of ether oxygens (including phenoxy) is 1. The Morgan fingerprint density at radius 1 is 1.15 bits per heavy atom. The van der Waals surface area contributed by atoms with Crippen molar-refractivity contribution in [3.8, 4) is 5.75 Å². The van der Waals surface area contributed by atoms with Gasteiger partial charge in [0.05, 0.1) is 17.8 Å². The van der Waals surface area contributed by atoms with Crippen molar-refractivity contribution in [1.82, 2.24) is 14.8 Å². The fraction of sp³-hybridized carbons (Fsp3) is 0.517. The molecule has 7 rings (SSSR count). The van der Waals surface area contributed by atoms with Crippen LogP contribution in [0.25, 0.3) is 10.9 Å². The van der Waals surface area contributed by atoms with Crippen LogP contribution >= 0.6 is 0 Å². The minimum absolute atomic E-state index is 0.0615. The quantitative estimate of drug-likeness (QED) is 0.579. The van der Waals surface area contributed by atoms with Gasteiger partial charge in [-0.2, -0.15) is 0 Å². The van der Waals surface area contributed by atoms with Gasteiger partial charge in [-0.3, -0.25) is 0 Å². The molecule has 1 fully saturated rings. The Balaban J connectivity index is 0.00000101. The number of fused-ring (bicyclic) bond motifs is 4. The highest BCUT2D eigenvalue weighted by Crippen LogP contribution is 2.71. The van der Waals surface area contributed by atoms with E-state index < -0.39 is 0 Å². The summed E-state index contributed by atoms with van der Waals surface area (Å²) in [6, 6.07) is 14.2.